The molecule has 0 spiro atoms. The zero-order chi connectivity index (χ0) is 19.7. The van der Waals surface area contributed by atoms with E-state index in [1.807, 2.05) is 24.6 Å². The van der Waals surface area contributed by atoms with Crippen LogP contribution in [0.25, 0.3) is 0 Å². The highest BCUT2D eigenvalue weighted by molar-refractivity contribution is 7.12. The van der Waals surface area contributed by atoms with E-state index in [1.165, 1.54) is 23.2 Å². The van der Waals surface area contributed by atoms with Gasteiger partial charge in [-0.2, -0.15) is 0 Å². The maximum Gasteiger partial charge on any atom is 0.208 e. The van der Waals surface area contributed by atoms with Crippen molar-refractivity contribution in [1.82, 2.24) is 14.5 Å². The summed E-state index contributed by atoms with van der Waals surface area (Å²) in [5, 5.41) is 15.3. The van der Waals surface area contributed by atoms with E-state index in [2.05, 4.69) is 39.0 Å². The Morgan fingerprint density at radius 3 is 3.00 bits per heavy atom. The lowest BCUT2D eigenvalue weighted by atomic mass is 10.1. The zero-order valence-corrected chi connectivity index (χ0v) is 16.8. The van der Waals surface area contributed by atoms with E-state index in [0.717, 1.165) is 18.5 Å². The molecule has 28 heavy (non-hydrogen) atoms. The normalized spacial score (nSPS) is 21.8. The summed E-state index contributed by atoms with van der Waals surface area (Å²) >= 11 is 1.44. The number of carbonyl (C=O) groups is 1. The molecule has 1 aliphatic rings. The van der Waals surface area contributed by atoms with Gasteiger partial charge in [0.15, 0.2) is 0 Å². The van der Waals surface area contributed by atoms with E-state index in [-0.39, 0.29) is 23.8 Å². The Labute approximate surface area is 168 Å². The van der Waals surface area contributed by atoms with E-state index in [4.69, 9.17) is 0 Å². The number of aliphatic hydroxyl groups is 1. The molecule has 0 aliphatic heterocycles. The molecule has 0 bridgehead atoms. The summed E-state index contributed by atoms with van der Waals surface area (Å²) in [4.78, 5) is 22.1. The highest BCUT2D eigenvalue weighted by Gasteiger charge is 2.30. The molecule has 0 aromatic carbocycles. The molecule has 1 aliphatic carbocycles. The molecule has 2 N–H and O–H groups in total. The fourth-order valence-corrected chi connectivity index (χ4v) is 4.59. The number of thiophene rings is 1. The number of aromatic nitrogens is 3. The maximum atomic E-state index is 13.1. The van der Waals surface area contributed by atoms with Crippen LogP contribution in [-0.2, 0) is 6.54 Å². The van der Waals surface area contributed by atoms with Crippen LogP contribution in [0.2, 0.25) is 0 Å². The minimum absolute atomic E-state index is 0.0744. The third kappa shape index (κ3) is 4.00. The number of hydrogen-bond acceptors (Lipinski definition) is 6. The number of nitrogens with one attached hydrogen (secondary N) is 1. The van der Waals surface area contributed by atoms with Crippen LogP contribution < -0.4 is 5.32 Å². The summed E-state index contributed by atoms with van der Waals surface area (Å²) in [7, 11) is 0. The van der Waals surface area contributed by atoms with Gasteiger partial charge in [0.05, 0.1) is 16.5 Å². The van der Waals surface area contributed by atoms with Crippen molar-refractivity contribution in [1.29, 1.82) is 0 Å². The Bertz CT molecular complexity index is 970. The van der Waals surface area contributed by atoms with Crippen LogP contribution >= 0.6 is 11.3 Å². The van der Waals surface area contributed by atoms with Crippen molar-refractivity contribution < 1.29 is 9.90 Å². The number of aliphatic hydroxyl groups excluding tert-OH is 1. The molecule has 0 radical (unpaired) electrons. The largest absolute Gasteiger partial charge is 0.393 e. The molecule has 146 valence electrons. The number of rotatable bonds is 6. The average molecular weight is 397 g/mol. The number of carbonyl (C=O) groups excluding carboxylic acids is 1. The van der Waals surface area contributed by atoms with E-state index < -0.39 is 0 Å². The smallest absolute Gasteiger partial charge is 0.208 e. The van der Waals surface area contributed by atoms with E-state index >= 15 is 0 Å². The molecule has 0 amide bonds. The summed E-state index contributed by atoms with van der Waals surface area (Å²) < 4.78 is 2.11. The Morgan fingerprint density at radius 1 is 1.43 bits per heavy atom. The van der Waals surface area contributed by atoms with Gasteiger partial charge in [-0.15, -0.1) is 11.3 Å². The van der Waals surface area contributed by atoms with Crippen molar-refractivity contribution in [2.24, 2.45) is 5.92 Å². The lowest BCUT2D eigenvalue weighted by molar-refractivity contribution is 0.104. The predicted octanol–water partition coefficient (Wildman–Crippen LogP) is 3.50. The Morgan fingerprint density at radius 2 is 2.29 bits per heavy atom. The summed E-state index contributed by atoms with van der Waals surface area (Å²) in [6.07, 6.45) is 8.36. The van der Waals surface area contributed by atoms with Crippen molar-refractivity contribution in [3.05, 3.63) is 64.0 Å². The van der Waals surface area contributed by atoms with E-state index in [9.17, 15) is 9.90 Å². The second-order valence-corrected chi connectivity index (χ2v) is 8.56. The standard InChI is InChI=1S/C21H24N4O2S/c1-13-3-4-25(9-13)10-15-6-19(28-11-15)20(27)17-8-22-12-23-21(17)24-16-5-14(2)18(26)7-16/h3-4,6,8-9,11-12,14,16,18,26H,5,7,10H2,1-2H3,(H,22,23,24)/t14-,16-,18+/m1/s1. The van der Waals surface area contributed by atoms with Gasteiger partial charge >= 0.3 is 0 Å². The molecule has 0 saturated heterocycles. The first kappa shape index (κ1) is 18.8. The molecule has 3 aromatic heterocycles. The van der Waals surface area contributed by atoms with Crippen LogP contribution in [0, 0.1) is 12.8 Å². The number of hydrogen-bond donors (Lipinski definition) is 2. The van der Waals surface area contributed by atoms with Gasteiger partial charge in [0.2, 0.25) is 5.78 Å². The molecule has 3 atom stereocenters. The van der Waals surface area contributed by atoms with Gasteiger partial charge in [-0.3, -0.25) is 4.79 Å². The molecular formula is C21H24N4O2S. The fourth-order valence-electron chi connectivity index (χ4n) is 3.73. The minimum atomic E-state index is -0.310. The van der Waals surface area contributed by atoms with Crippen LogP contribution in [0.4, 0.5) is 5.82 Å². The minimum Gasteiger partial charge on any atom is -0.393 e. The van der Waals surface area contributed by atoms with Gasteiger partial charge < -0.3 is 15.0 Å². The van der Waals surface area contributed by atoms with Crippen molar-refractivity contribution in [2.75, 3.05) is 5.32 Å². The second-order valence-electron chi connectivity index (χ2n) is 7.65. The highest BCUT2D eigenvalue weighted by atomic mass is 32.1. The maximum absolute atomic E-state index is 13.1. The fraction of sp³-hybridized carbons (Fsp3) is 0.381. The lowest BCUT2D eigenvalue weighted by Gasteiger charge is -2.15. The summed E-state index contributed by atoms with van der Waals surface area (Å²) in [6.45, 7) is 4.84. The Balaban J connectivity index is 1.51. The van der Waals surface area contributed by atoms with Crippen LogP contribution in [0.15, 0.2) is 42.4 Å². The van der Waals surface area contributed by atoms with Gasteiger partial charge in [0.25, 0.3) is 0 Å². The molecule has 1 fully saturated rings. The van der Waals surface area contributed by atoms with E-state index in [1.54, 1.807) is 6.20 Å². The number of anilines is 1. The number of nitrogens with zero attached hydrogens (tertiary/aromatic N) is 3. The molecule has 3 aromatic rings. The topological polar surface area (TPSA) is 80.0 Å². The molecule has 3 heterocycles. The Kier molecular flexibility index (Phi) is 5.28. The lowest BCUT2D eigenvalue weighted by Crippen LogP contribution is -2.20. The van der Waals surface area contributed by atoms with E-state index in [0.29, 0.717) is 22.7 Å². The zero-order valence-electron chi connectivity index (χ0n) is 16.0. The number of ketones is 1. The van der Waals surface area contributed by atoms with Gasteiger partial charge in [0, 0.05) is 31.2 Å². The summed E-state index contributed by atoms with van der Waals surface area (Å²) in [6, 6.07) is 4.13. The van der Waals surface area contributed by atoms with Crippen LogP contribution in [0.5, 0.6) is 0 Å². The first-order chi connectivity index (χ1) is 13.5. The monoisotopic (exact) mass is 396 g/mol. The van der Waals surface area contributed by atoms with Gasteiger partial charge in [-0.05, 0) is 54.3 Å². The third-order valence-corrected chi connectivity index (χ3v) is 6.26. The second kappa shape index (κ2) is 7.85. The van der Waals surface area contributed by atoms with Crippen LogP contribution in [0.3, 0.4) is 0 Å². The SMILES string of the molecule is Cc1ccn(Cc2csc(C(=O)c3cncnc3N[C@@H]3C[C@@H](C)[C@@H](O)C3)c2)c1. The molecule has 0 unspecified atom stereocenters. The van der Waals surface area contributed by atoms with Gasteiger partial charge in [-0.25, -0.2) is 9.97 Å². The third-order valence-electron chi connectivity index (χ3n) is 5.28. The van der Waals surface area contributed by atoms with Crippen molar-refractivity contribution in [3.63, 3.8) is 0 Å². The van der Waals surface area contributed by atoms with Crippen molar-refractivity contribution in [3.8, 4) is 0 Å². The predicted molar refractivity (Wildman–Crippen MR) is 110 cm³/mol. The van der Waals surface area contributed by atoms with Crippen LogP contribution in [0.1, 0.15) is 46.1 Å². The summed E-state index contributed by atoms with van der Waals surface area (Å²) in [5.74, 6) is 0.715. The molecule has 1 saturated carbocycles. The first-order valence-corrected chi connectivity index (χ1v) is 10.4. The molecule has 4 rings (SSSR count). The van der Waals surface area contributed by atoms with Gasteiger partial charge in [0.1, 0.15) is 12.1 Å². The van der Waals surface area contributed by atoms with Crippen molar-refractivity contribution >= 4 is 22.9 Å². The quantitative estimate of drug-likeness (QED) is 0.624. The molecule has 6 nitrogen and oxygen atoms in total. The van der Waals surface area contributed by atoms with Gasteiger partial charge in [-0.1, -0.05) is 6.92 Å². The highest BCUT2D eigenvalue weighted by Crippen LogP contribution is 2.29. The Hall–Kier alpha value is -2.51. The van der Waals surface area contributed by atoms with Crippen LogP contribution in [-0.4, -0.2) is 37.6 Å². The molecular weight excluding hydrogens is 372 g/mol. The number of aryl methyl sites for hydroxylation is 1. The van der Waals surface area contributed by atoms with Crippen molar-refractivity contribution in [2.45, 2.75) is 45.4 Å². The first-order valence-electron chi connectivity index (χ1n) is 9.48. The molecule has 7 heteroatoms. The average Bonchev–Trinajstić information content (AvgIpc) is 3.37. The summed E-state index contributed by atoms with van der Waals surface area (Å²) in [5.41, 5.74) is 2.79.